The second kappa shape index (κ2) is 4.21. The Morgan fingerprint density at radius 2 is 2.12 bits per heavy atom. The fraction of sp³-hybridized carbons (Fsp3) is 0.500. The van der Waals surface area contributed by atoms with E-state index in [0.29, 0.717) is 0 Å². The molecule has 90 valence electrons. The van der Waals surface area contributed by atoms with Crippen molar-refractivity contribution in [1.29, 1.82) is 0 Å². The number of halogens is 2. The molecule has 2 unspecified atom stereocenters. The van der Waals surface area contributed by atoms with Crippen LogP contribution in [0.1, 0.15) is 6.92 Å². The molecule has 0 amide bonds. The standard InChI is InChI=1S/C10H12F2O4/c1-5-4-6(9(13)14)10(12,16-3)8(15-2)7(5)11/h4,6H,1-3H3,(H,13,14). The van der Waals surface area contributed by atoms with Crippen LogP contribution in [0.3, 0.4) is 0 Å². The molecule has 0 bridgehead atoms. The highest BCUT2D eigenvalue weighted by molar-refractivity contribution is 5.75. The highest BCUT2D eigenvalue weighted by Crippen LogP contribution is 2.41. The molecule has 1 N–H and O–H groups in total. The largest absolute Gasteiger partial charge is 0.492 e. The lowest BCUT2D eigenvalue weighted by Gasteiger charge is -2.32. The molecule has 0 radical (unpaired) electrons. The Morgan fingerprint density at radius 1 is 1.56 bits per heavy atom. The third-order valence-electron chi connectivity index (χ3n) is 2.44. The Kier molecular flexibility index (Phi) is 3.32. The van der Waals surface area contributed by atoms with Gasteiger partial charge < -0.3 is 14.6 Å². The Balaban J connectivity index is 3.35. The van der Waals surface area contributed by atoms with Crippen molar-refractivity contribution in [2.45, 2.75) is 12.8 Å². The summed E-state index contributed by atoms with van der Waals surface area (Å²) in [6, 6.07) is 0. The maximum absolute atomic E-state index is 14.2. The van der Waals surface area contributed by atoms with Crippen LogP contribution in [0.2, 0.25) is 0 Å². The monoisotopic (exact) mass is 234 g/mol. The van der Waals surface area contributed by atoms with Gasteiger partial charge in [-0.05, 0) is 12.5 Å². The fourth-order valence-corrected chi connectivity index (χ4v) is 1.58. The van der Waals surface area contributed by atoms with Crippen LogP contribution >= 0.6 is 0 Å². The van der Waals surface area contributed by atoms with Gasteiger partial charge in [0.25, 0.3) is 5.85 Å². The topological polar surface area (TPSA) is 55.8 Å². The molecule has 0 saturated carbocycles. The second-order valence-corrected chi connectivity index (χ2v) is 3.36. The molecule has 0 aromatic heterocycles. The molecule has 1 aliphatic carbocycles. The van der Waals surface area contributed by atoms with Crippen molar-refractivity contribution < 1.29 is 28.2 Å². The van der Waals surface area contributed by atoms with Crippen molar-refractivity contribution in [2.75, 3.05) is 14.2 Å². The van der Waals surface area contributed by atoms with E-state index in [4.69, 9.17) is 5.11 Å². The van der Waals surface area contributed by atoms with E-state index >= 15 is 0 Å². The number of hydrogen-bond acceptors (Lipinski definition) is 3. The van der Waals surface area contributed by atoms with Gasteiger partial charge in [-0.3, -0.25) is 4.79 Å². The number of rotatable bonds is 3. The number of carbonyl (C=O) groups is 1. The van der Waals surface area contributed by atoms with Gasteiger partial charge in [-0.15, -0.1) is 0 Å². The lowest BCUT2D eigenvalue weighted by Crippen LogP contribution is -2.44. The van der Waals surface area contributed by atoms with Gasteiger partial charge in [0.05, 0.1) is 7.11 Å². The van der Waals surface area contributed by atoms with Gasteiger partial charge in [0.2, 0.25) is 0 Å². The van der Waals surface area contributed by atoms with Crippen LogP contribution in [0.5, 0.6) is 0 Å². The summed E-state index contributed by atoms with van der Waals surface area (Å²) in [7, 11) is 2.01. The van der Waals surface area contributed by atoms with Crippen LogP contribution in [-0.4, -0.2) is 31.2 Å². The number of hydrogen-bond donors (Lipinski definition) is 1. The Bertz CT molecular complexity index is 375. The average Bonchev–Trinajstić information content (AvgIpc) is 2.24. The molecule has 0 fully saturated rings. The highest BCUT2D eigenvalue weighted by atomic mass is 19.2. The molecule has 0 aromatic carbocycles. The third-order valence-corrected chi connectivity index (χ3v) is 2.44. The predicted molar refractivity (Wildman–Crippen MR) is 50.9 cm³/mol. The van der Waals surface area contributed by atoms with E-state index in [1.54, 1.807) is 0 Å². The molecule has 0 heterocycles. The zero-order valence-electron chi connectivity index (χ0n) is 9.08. The molecule has 0 saturated heterocycles. The van der Waals surface area contributed by atoms with Gasteiger partial charge in [-0.25, -0.2) is 8.78 Å². The van der Waals surface area contributed by atoms with Crippen LogP contribution < -0.4 is 0 Å². The molecule has 1 rings (SSSR count). The smallest absolute Gasteiger partial charge is 0.316 e. The van der Waals surface area contributed by atoms with Gasteiger partial charge in [0.15, 0.2) is 11.6 Å². The second-order valence-electron chi connectivity index (χ2n) is 3.36. The molecule has 0 spiro atoms. The summed E-state index contributed by atoms with van der Waals surface area (Å²) in [4.78, 5) is 10.9. The minimum atomic E-state index is -2.82. The average molecular weight is 234 g/mol. The van der Waals surface area contributed by atoms with Gasteiger partial charge >= 0.3 is 5.97 Å². The molecule has 6 heteroatoms. The Labute approximate surface area is 91.2 Å². The summed E-state index contributed by atoms with van der Waals surface area (Å²) in [6.45, 7) is 1.33. The normalized spacial score (nSPS) is 30.1. The SMILES string of the molecule is COC1=C(F)C(C)=CC(C(=O)O)C1(F)OC. The van der Waals surface area contributed by atoms with Crippen molar-refractivity contribution in [1.82, 2.24) is 0 Å². The minimum absolute atomic E-state index is 0.00887. The van der Waals surface area contributed by atoms with Gasteiger partial charge in [0, 0.05) is 7.11 Å². The first kappa shape index (κ1) is 12.6. The summed E-state index contributed by atoms with van der Waals surface area (Å²) >= 11 is 0. The van der Waals surface area contributed by atoms with Gasteiger partial charge in [-0.1, -0.05) is 6.08 Å². The number of ether oxygens (including phenoxy) is 2. The molecule has 16 heavy (non-hydrogen) atoms. The van der Waals surface area contributed by atoms with E-state index in [9.17, 15) is 13.6 Å². The summed E-state index contributed by atoms with van der Waals surface area (Å²) in [6.07, 6.45) is 0.962. The maximum Gasteiger partial charge on any atom is 0.316 e. The number of methoxy groups -OCH3 is 2. The molecule has 4 nitrogen and oxygen atoms in total. The van der Waals surface area contributed by atoms with Gasteiger partial charge in [-0.2, -0.15) is 0 Å². The number of carboxylic acids is 1. The van der Waals surface area contributed by atoms with E-state index in [0.717, 1.165) is 20.3 Å². The van der Waals surface area contributed by atoms with Crippen LogP contribution in [0.25, 0.3) is 0 Å². The Hall–Kier alpha value is -1.43. The zero-order chi connectivity index (χ0) is 12.5. The maximum atomic E-state index is 14.2. The zero-order valence-corrected chi connectivity index (χ0v) is 9.08. The van der Waals surface area contributed by atoms with E-state index in [-0.39, 0.29) is 5.57 Å². The first-order chi connectivity index (χ1) is 7.38. The van der Waals surface area contributed by atoms with Crippen LogP contribution in [0.15, 0.2) is 23.2 Å². The van der Waals surface area contributed by atoms with Gasteiger partial charge in [0.1, 0.15) is 5.92 Å². The molecule has 2 atom stereocenters. The quantitative estimate of drug-likeness (QED) is 0.808. The summed E-state index contributed by atoms with van der Waals surface area (Å²) < 4.78 is 36.8. The highest BCUT2D eigenvalue weighted by Gasteiger charge is 2.52. The van der Waals surface area contributed by atoms with Crippen molar-refractivity contribution in [3.63, 3.8) is 0 Å². The van der Waals surface area contributed by atoms with E-state index < -0.39 is 29.3 Å². The van der Waals surface area contributed by atoms with Crippen LogP contribution in [0.4, 0.5) is 8.78 Å². The summed E-state index contributed by atoms with van der Waals surface area (Å²) in [5, 5.41) is 8.86. The molecule has 1 aliphatic rings. The van der Waals surface area contributed by atoms with Crippen molar-refractivity contribution in [2.24, 2.45) is 5.92 Å². The lowest BCUT2D eigenvalue weighted by atomic mass is 9.89. The van der Waals surface area contributed by atoms with E-state index in [1.165, 1.54) is 6.92 Å². The van der Waals surface area contributed by atoms with Crippen molar-refractivity contribution >= 4 is 5.97 Å². The number of alkyl halides is 1. The minimum Gasteiger partial charge on any atom is -0.492 e. The van der Waals surface area contributed by atoms with Crippen LogP contribution in [-0.2, 0) is 14.3 Å². The Morgan fingerprint density at radius 3 is 2.50 bits per heavy atom. The number of carboxylic acid groups (broad SMARTS) is 1. The predicted octanol–water partition coefficient (Wildman–Crippen LogP) is 1.79. The first-order valence-electron chi connectivity index (χ1n) is 4.48. The summed E-state index contributed by atoms with van der Waals surface area (Å²) in [5.41, 5.74) is 0.00887. The lowest BCUT2D eigenvalue weighted by molar-refractivity contribution is -0.177. The summed E-state index contributed by atoms with van der Waals surface area (Å²) in [5.74, 6) is -7.59. The molecular formula is C10H12F2O4. The van der Waals surface area contributed by atoms with E-state index in [1.807, 2.05) is 0 Å². The van der Waals surface area contributed by atoms with Crippen LogP contribution in [0, 0.1) is 5.92 Å². The number of aliphatic carboxylic acids is 1. The molecular weight excluding hydrogens is 222 g/mol. The molecule has 0 aromatic rings. The molecule has 0 aliphatic heterocycles. The fourth-order valence-electron chi connectivity index (χ4n) is 1.58. The first-order valence-corrected chi connectivity index (χ1v) is 4.48. The van der Waals surface area contributed by atoms with E-state index in [2.05, 4.69) is 9.47 Å². The number of allylic oxidation sites excluding steroid dienone is 2. The third kappa shape index (κ3) is 1.69. The van der Waals surface area contributed by atoms with Crippen molar-refractivity contribution in [3.8, 4) is 0 Å². The van der Waals surface area contributed by atoms with Crippen molar-refractivity contribution in [3.05, 3.63) is 23.2 Å².